The van der Waals surface area contributed by atoms with Crippen molar-refractivity contribution in [3.63, 3.8) is 0 Å². The summed E-state index contributed by atoms with van der Waals surface area (Å²) in [4.78, 5) is 1.37. The summed E-state index contributed by atoms with van der Waals surface area (Å²) in [5.41, 5.74) is 2.72. The fourth-order valence-corrected chi connectivity index (χ4v) is 4.32. The molecule has 1 aromatic carbocycles. The van der Waals surface area contributed by atoms with E-state index in [9.17, 15) is 0 Å². The quantitative estimate of drug-likeness (QED) is 0.619. The molecule has 0 saturated carbocycles. The molecule has 1 aliphatic heterocycles. The second kappa shape index (κ2) is 5.62. The van der Waals surface area contributed by atoms with Gasteiger partial charge in [-0.2, -0.15) is 0 Å². The minimum Gasteiger partial charge on any atom is -0.114 e. The molecule has 0 bridgehead atoms. The highest BCUT2D eigenvalue weighted by Crippen LogP contribution is 2.52. The van der Waals surface area contributed by atoms with Gasteiger partial charge >= 0.3 is 0 Å². The third-order valence-corrected chi connectivity index (χ3v) is 6.50. The van der Waals surface area contributed by atoms with Crippen molar-refractivity contribution >= 4 is 17.8 Å². The molecular weight excluding hydrogens is 284 g/mol. The van der Waals surface area contributed by atoms with Crippen LogP contribution in [0.1, 0.15) is 33.3 Å². The normalized spacial score (nSPS) is 30.1. The van der Waals surface area contributed by atoms with Gasteiger partial charge in [0.1, 0.15) is 0 Å². The maximum Gasteiger partial charge on any atom is 0.0484 e. The standard InChI is InChI=1S/C21H24S/c1-16(2)17-9-7-13-20(3,14-11-17)21(4)15-12-18-8-5-6-10-19(18)22-21/h5-16H,1-4H3. The number of allylic oxidation sites excluding steroid dienone is 6. The van der Waals surface area contributed by atoms with Crippen molar-refractivity contribution in [2.75, 3.05) is 0 Å². The van der Waals surface area contributed by atoms with Crippen LogP contribution in [0.4, 0.5) is 0 Å². The first-order valence-corrected chi connectivity index (χ1v) is 8.81. The van der Waals surface area contributed by atoms with Crippen molar-refractivity contribution in [2.45, 2.75) is 37.3 Å². The number of benzene rings is 1. The van der Waals surface area contributed by atoms with Gasteiger partial charge < -0.3 is 0 Å². The van der Waals surface area contributed by atoms with Crippen LogP contribution in [0.15, 0.2) is 71.2 Å². The van der Waals surface area contributed by atoms with E-state index >= 15 is 0 Å². The smallest absolute Gasteiger partial charge is 0.0484 e. The zero-order valence-electron chi connectivity index (χ0n) is 13.8. The maximum atomic E-state index is 2.38. The lowest BCUT2D eigenvalue weighted by atomic mass is 9.76. The zero-order valence-corrected chi connectivity index (χ0v) is 14.7. The van der Waals surface area contributed by atoms with Crippen molar-refractivity contribution in [3.05, 3.63) is 71.9 Å². The van der Waals surface area contributed by atoms with Gasteiger partial charge in [0.05, 0.1) is 0 Å². The average molecular weight is 308 g/mol. The van der Waals surface area contributed by atoms with Crippen molar-refractivity contribution < 1.29 is 0 Å². The molecule has 1 aliphatic carbocycles. The highest BCUT2D eigenvalue weighted by atomic mass is 32.2. The number of fused-ring (bicyclic) bond motifs is 1. The lowest BCUT2D eigenvalue weighted by Crippen LogP contribution is -2.37. The molecule has 114 valence electrons. The van der Waals surface area contributed by atoms with E-state index in [1.54, 1.807) is 0 Å². The topological polar surface area (TPSA) is 0 Å². The van der Waals surface area contributed by atoms with E-state index < -0.39 is 0 Å². The van der Waals surface area contributed by atoms with Gasteiger partial charge in [-0.25, -0.2) is 0 Å². The fourth-order valence-electron chi connectivity index (χ4n) is 2.97. The van der Waals surface area contributed by atoms with Crippen LogP contribution in [0.3, 0.4) is 0 Å². The molecule has 0 fully saturated rings. The second-order valence-corrected chi connectivity index (χ2v) is 8.37. The molecule has 0 N–H and O–H groups in total. The van der Waals surface area contributed by atoms with Gasteiger partial charge in [0.25, 0.3) is 0 Å². The van der Waals surface area contributed by atoms with E-state index in [1.807, 2.05) is 11.8 Å². The van der Waals surface area contributed by atoms with Crippen molar-refractivity contribution in [2.24, 2.45) is 11.3 Å². The summed E-state index contributed by atoms with van der Waals surface area (Å²) in [5.74, 6) is 0.561. The first kappa shape index (κ1) is 15.4. The summed E-state index contributed by atoms with van der Waals surface area (Å²) < 4.78 is 0.0224. The average Bonchev–Trinajstić information content (AvgIpc) is 2.70. The molecule has 1 heterocycles. The number of hydrogen-bond acceptors (Lipinski definition) is 1. The molecule has 0 nitrogen and oxygen atoms in total. The molecule has 1 heteroatoms. The van der Waals surface area contributed by atoms with E-state index in [0.29, 0.717) is 5.92 Å². The third kappa shape index (κ3) is 2.63. The molecule has 0 amide bonds. The van der Waals surface area contributed by atoms with Crippen LogP contribution >= 0.6 is 11.8 Å². The highest BCUT2D eigenvalue weighted by Gasteiger charge is 2.42. The molecule has 3 rings (SSSR count). The summed E-state index contributed by atoms with van der Waals surface area (Å²) in [6, 6.07) is 8.66. The molecule has 0 spiro atoms. The van der Waals surface area contributed by atoms with Crippen LogP contribution in [0.25, 0.3) is 6.08 Å². The summed E-state index contributed by atoms with van der Waals surface area (Å²) in [7, 11) is 0. The summed E-state index contributed by atoms with van der Waals surface area (Å²) in [6.07, 6.45) is 16.2. The third-order valence-electron chi connectivity index (χ3n) is 4.91. The lowest BCUT2D eigenvalue weighted by molar-refractivity contribution is 0.464. The Bertz CT molecular complexity index is 690. The molecule has 2 unspecified atom stereocenters. The molecule has 0 radical (unpaired) electrons. The van der Waals surface area contributed by atoms with Crippen LogP contribution in [0, 0.1) is 11.3 Å². The molecule has 0 aromatic heterocycles. The molecule has 0 saturated heterocycles. The molecule has 2 atom stereocenters. The Morgan fingerprint density at radius 3 is 2.50 bits per heavy atom. The minimum absolute atomic E-state index is 0.00512. The predicted molar refractivity (Wildman–Crippen MR) is 99.0 cm³/mol. The zero-order chi connectivity index (χ0) is 15.8. The van der Waals surface area contributed by atoms with Crippen LogP contribution in [-0.2, 0) is 0 Å². The monoisotopic (exact) mass is 308 g/mol. The van der Waals surface area contributed by atoms with Gasteiger partial charge in [-0.3, -0.25) is 0 Å². The number of thioether (sulfide) groups is 1. The van der Waals surface area contributed by atoms with Crippen LogP contribution in [-0.4, -0.2) is 4.75 Å². The fraction of sp³-hybridized carbons (Fsp3) is 0.333. The SMILES string of the molecule is CC(C)C1=CC=CC(C)(C2(C)C=Cc3ccccc3S2)C=C1. The van der Waals surface area contributed by atoms with Crippen LogP contribution in [0.2, 0.25) is 0 Å². The predicted octanol–water partition coefficient (Wildman–Crippen LogP) is 6.28. The van der Waals surface area contributed by atoms with E-state index in [4.69, 9.17) is 0 Å². The summed E-state index contributed by atoms with van der Waals surface area (Å²) in [6.45, 7) is 9.18. The van der Waals surface area contributed by atoms with E-state index in [1.165, 1.54) is 16.0 Å². The highest BCUT2D eigenvalue weighted by molar-refractivity contribution is 8.01. The Morgan fingerprint density at radius 1 is 0.955 bits per heavy atom. The van der Waals surface area contributed by atoms with Gasteiger partial charge in [-0.1, -0.05) is 81.5 Å². The van der Waals surface area contributed by atoms with Crippen molar-refractivity contribution in [1.82, 2.24) is 0 Å². The molecular formula is C21H24S. The van der Waals surface area contributed by atoms with Gasteiger partial charge in [0, 0.05) is 15.1 Å². The van der Waals surface area contributed by atoms with E-state index in [0.717, 1.165) is 0 Å². The Kier molecular flexibility index (Phi) is 3.94. The second-order valence-electron chi connectivity index (χ2n) is 6.88. The Morgan fingerprint density at radius 2 is 1.73 bits per heavy atom. The van der Waals surface area contributed by atoms with Crippen LogP contribution in [0.5, 0.6) is 0 Å². The maximum absolute atomic E-state index is 2.38. The van der Waals surface area contributed by atoms with E-state index in [2.05, 4.69) is 94.5 Å². The van der Waals surface area contributed by atoms with Crippen molar-refractivity contribution in [3.8, 4) is 0 Å². The lowest BCUT2D eigenvalue weighted by Gasteiger charge is -2.42. The van der Waals surface area contributed by atoms with Crippen molar-refractivity contribution in [1.29, 1.82) is 0 Å². The summed E-state index contributed by atoms with van der Waals surface area (Å²) in [5, 5.41) is 0. The Labute approximate surface area is 138 Å². The molecule has 2 aliphatic rings. The number of hydrogen-bond donors (Lipinski definition) is 0. The number of rotatable bonds is 2. The first-order valence-electron chi connectivity index (χ1n) is 7.99. The van der Waals surface area contributed by atoms with Gasteiger partial charge in [-0.15, -0.1) is 11.8 Å². The van der Waals surface area contributed by atoms with E-state index in [-0.39, 0.29) is 10.2 Å². The first-order chi connectivity index (χ1) is 10.4. The van der Waals surface area contributed by atoms with Crippen LogP contribution < -0.4 is 0 Å². The van der Waals surface area contributed by atoms with Gasteiger partial charge in [0.15, 0.2) is 0 Å². The van der Waals surface area contributed by atoms with Gasteiger partial charge in [-0.05, 0) is 30.0 Å². The Hall–Kier alpha value is -1.47. The Balaban J connectivity index is 1.96. The van der Waals surface area contributed by atoms with Gasteiger partial charge in [0.2, 0.25) is 0 Å². The largest absolute Gasteiger partial charge is 0.114 e. The summed E-state index contributed by atoms with van der Waals surface area (Å²) >= 11 is 1.97. The minimum atomic E-state index is -0.00512. The molecule has 1 aromatic rings. The molecule has 22 heavy (non-hydrogen) atoms.